The maximum atomic E-state index is 13.0. The molecule has 0 saturated carbocycles. The minimum atomic E-state index is -0.331. The molecule has 0 radical (unpaired) electrons. The average Bonchev–Trinajstić information content (AvgIpc) is 2.11. The third-order valence-electron chi connectivity index (χ3n) is 1.58. The third kappa shape index (κ3) is 3.20. The molecule has 2 nitrogen and oxygen atoms in total. The summed E-state index contributed by atoms with van der Waals surface area (Å²) in [5, 5.41) is 11.8. The zero-order valence-corrected chi connectivity index (χ0v) is 7.81. The fraction of sp³-hybridized carbons (Fsp3) is 0.333. The van der Waals surface area contributed by atoms with Crippen LogP contribution in [0.5, 0.6) is 0 Å². The lowest BCUT2D eigenvalue weighted by molar-refractivity contribution is 0.292. The highest BCUT2D eigenvalue weighted by atomic mass is 35.5. The summed E-state index contributed by atoms with van der Waals surface area (Å²) in [4.78, 5) is 0. The van der Waals surface area contributed by atoms with Crippen molar-refractivity contribution in [2.75, 3.05) is 18.5 Å². The van der Waals surface area contributed by atoms with Gasteiger partial charge in [0.25, 0.3) is 0 Å². The second-order valence-corrected chi connectivity index (χ2v) is 3.06. The lowest BCUT2D eigenvalue weighted by Crippen LogP contribution is -2.04. The first-order valence-electron chi connectivity index (χ1n) is 4.04. The first-order chi connectivity index (χ1) is 6.24. The Morgan fingerprint density at radius 1 is 1.46 bits per heavy atom. The number of nitrogens with one attached hydrogen (secondary N) is 1. The van der Waals surface area contributed by atoms with Crippen LogP contribution in [0.15, 0.2) is 18.2 Å². The highest BCUT2D eigenvalue weighted by Gasteiger charge is 2.00. The maximum Gasteiger partial charge on any atom is 0.146 e. The van der Waals surface area contributed by atoms with E-state index in [-0.39, 0.29) is 12.4 Å². The summed E-state index contributed by atoms with van der Waals surface area (Å²) < 4.78 is 13.0. The van der Waals surface area contributed by atoms with Crippen LogP contribution in [0.4, 0.5) is 10.1 Å². The Labute approximate surface area is 81.3 Å². The lowest BCUT2D eigenvalue weighted by Gasteiger charge is -2.06. The van der Waals surface area contributed by atoms with Gasteiger partial charge in [0.1, 0.15) is 5.82 Å². The molecular weight excluding hydrogens is 193 g/mol. The highest BCUT2D eigenvalue weighted by molar-refractivity contribution is 6.30. The summed E-state index contributed by atoms with van der Waals surface area (Å²) in [6.45, 7) is 0.628. The largest absolute Gasteiger partial charge is 0.396 e. The van der Waals surface area contributed by atoms with E-state index in [1.807, 2.05) is 0 Å². The van der Waals surface area contributed by atoms with E-state index >= 15 is 0 Å². The Morgan fingerprint density at radius 3 is 2.92 bits per heavy atom. The van der Waals surface area contributed by atoms with Crippen LogP contribution in [-0.4, -0.2) is 18.3 Å². The predicted octanol–water partition coefficient (Wildman–Crippen LogP) is 2.27. The Bertz CT molecular complexity index is 280. The summed E-state index contributed by atoms with van der Waals surface area (Å²) in [6, 6.07) is 4.33. The summed E-state index contributed by atoms with van der Waals surface area (Å²) in [5.41, 5.74) is 0.376. The van der Waals surface area contributed by atoms with Crippen LogP contribution in [0.2, 0.25) is 5.02 Å². The average molecular weight is 204 g/mol. The molecular formula is C9H11ClFNO. The SMILES string of the molecule is OCCCNc1cc(Cl)ccc1F. The summed E-state index contributed by atoms with van der Waals surface area (Å²) in [7, 11) is 0. The van der Waals surface area contributed by atoms with Crippen LogP contribution in [0.25, 0.3) is 0 Å². The molecule has 0 aromatic heterocycles. The molecule has 0 atom stereocenters. The molecule has 0 spiro atoms. The van der Waals surface area contributed by atoms with Crippen molar-refractivity contribution < 1.29 is 9.50 Å². The van der Waals surface area contributed by atoms with Gasteiger partial charge in [0, 0.05) is 18.2 Å². The van der Waals surface area contributed by atoms with E-state index in [0.29, 0.717) is 23.7 Å². The molecule has 13 heavy (non-hydrogen) atoms. The van der Waals surface area contributed by atoms with E-state index in [1.165, 1.54) is 18.2 Å². The van der Waals surface area contributed by atoms with Crippen LogP contribution >= 0.6 is 11.6 Å². The predicted molar refractivity (Wildman–Crippen MR) is 51.6 cm³/mol. The van der Waals surface area contributed by atoms with Crippen LogP contribution in [0.1, 0.15) is 6.42 Å². The fourth-order valence-corrected chi connectivity index (χ4v) is 1.11. The molecule has 2 N–H and O–H groups in total. The molecule has 0 heterocycles. The molecule has 1 rings (SSSR count). The van der Waals surface area contributed by atoms with Gasteiger partial charge in [-0.3, -0.25) is 0 Å². The van der Waals surface area contributed by atoms with Crippen molar-refractivity contribution >= 4 is 17.3 Å². The van der Waals surface area contributed by atoms with Crippen LogP contribution < -0.4 is 5.32 Å². The van der Waals surface area contributed by atoms with Crippen LogP contribution in [-0.2, 0) is 0 Å². The topological polar surface area (TPSA) is 32.3 Å². The first kappa shape index (κ1) is 10.3. The molecule has 1 aromatic rings. The quantitative estimate of drug-likeness (QED) is 0.736. The maximum absolute atomic E-state index is 13.0. The van der Waals surface area contributed by atoms with Gasteiger partial charge in [-0.15, -0.1) is 0 Å². The Morgan fingerprint density at radius 2 is 2.23 bits per heavy atom. The number of halogens is 2. The smallest absolute Gasteiger partial charge is 0.146 e. The van der Waals surface area contributed by atoms with E-state index in [2.05, 4.69) is 5.32 Å². The molecule has 0 bridgehead atoms. The Hall–Kier alpha value is -0.800. The number of rotatable bonds is 4. The van der Waals surface area contributed by atoms with Crippen molar-refractivity contribution in [1.82, 2.24) is 0 Å². The number of aliphatic hydroxyl groups excluding tert-OH is 1. The van der Waals surface area contributed by atoms with E-state index in [9.17, 15) is 4.39 Å². The minimum Gasteiger partial charge on any atom is -0.396 e. The van der Waals surface area contributed by atoms with E-state index in [4.69, 9.17) is 16.7 Å². The van der Waals surface area contributed by atoms with Gasteiger partial charge in [-0.05, 0) is 24.6 Å². The van der Waals surface area contributed by atoms with Crippen molar-refractivity contribution in [3.8, 4) is 0 Å². The van der Waals surface area contributed by atoms with Crippen molar-refractivity contribution in [2.24, 2.45) is 0 Å². The van der Waals surface area contributed by atoms with E-state index in [1.54, 1.807) is 0 Å². The molecule has 4 heteroatoms. The second-order valence-electron chi connectivity index (χ2n) is 2.63. The molecule has 0 fully saturated rings. The van der Waals surface area contributed by atoms with Gasteiger partial charge in [0.2, 0.25) is 0 Å². The Balaban J connectivity index is 2.59. The highest BCUT2D eigenvalue weighted by Crippen LogP contribution is 2.19. The number of aliphatic hydroxyl groups is 1. The van der Waals surface area contributed by atoms with Gasteiger partial charge < -0.3 is 10.4 Å². The van der Waals surface area contributed by atoms with E-state index < -0.39 is 0 Å². The molecule has 0 saturated heterocycles. The lowest BCUT2D eigenvalue weighted by atomic mass is 10.3. The molecule has 1 aromatic carbocycles. The van der Waals surface area contributed by atoms with Gasteiger partial charge in [-0.25, -0.2) is 4.39 Å². The number of hydrogen-bond donors (Lipinski definition) is 2. The first-order valence-corrected chi connectivity index (χ1v) is 4.41. The standard InChI is InChI=1S/C9H11ClFNO/c10-7-2-3-8(11)9(6-7)12-4-1-5-13/h2-3,6,12-13H,1,4-5H2. The van der Waals surface area contributed by atoms with Crippen molar-refractivity contribution in [1.29, 1.82) is 0 Å². The summed E-state index contributed by atoms with van der Waals surface area (Å²) in [5.74, 6) is -0.331. The van der Waals surface area contributed by atoms with Crippen molar-refractivity contribution in [3.63, 3.8) is 0 Å². The van der Waals surface area contributed by atoms with Gasteiger partial charge >= 0.3 is 0 Å². The summed E-state index contributed by atoms with van der Waals surface area (Å²) in [6.07, 6.45) is 0.589. The minimum absolute atomic E-state index is 0.0924. The molecule has 0 aliphatic carbocycles. The molecule has 0 aliphatic heterocycles. The van der Waals surface area contributed by atoms with Crippen molar-refractivity contribution in [3.05, 3.63) is 29.0 Å². The van der Waals surface area contributed by atoms with Crippen LogP contribution in [0, 0.1) is 5.82 Å². The monoisotopic (exact) mass is 203 g/mol. The van der Waals surface area contributed by atoms with Crippen molar-refractivity contribution in [2.45, 2.75) is 6.42 Å². The number of benzene rings is 1. The van der Waals surface area contributed by atoms with Gasteiger partial charge in [0.05, 0.1) is 5.69 Å². The van der Waals surface area contributed by atoms with E-state index in [0.717, 1.165) is 0 Å². The van der Waals surface area contributed by atoms with Crippen LogP contribution in [0.3, 0.4) is 0 Å². The zero-order valence-electron chi connectivity index (χ0n) is 7.06. The molecule has 0 unspecified atom stereocenters. The zero-order chi connectivity index (χ0) is 9.68. The van der Waals surface area contributed by atoms with Gasteiger partial charge in [-0.2, -0.15) is 0 Å². The Kier molecular flexibility index (Phi) is 3.99. The molecule has 0 amide bonds. The third-order valence-corrected chi connectivity index (χ3v) is 1.81. The number of hydrogen-bond acceptors (Lipinski definition) is 2. The number of anilines is 1. The molecule has 0 aliphatic rings. The van der Waals surface area contributed by atoms with Gasteiger partial charge in [0.15, 0.2) is 0 Å². The second kappa shape index (κ2) is 5.04. The van der Waals surface area contributed by atoms with Gasteiger partial charge in [-0.1, -0.05) is 11.6 Å². The normalized spacial score (nSPS) is 10.1. The summed E-state index contributed by atoms with van der Waals surface area (Å²) >= 11 is 5.67. The molecule has 72 valence electrons. The fourth-order valence-electron chi connectivity index (χ4n) is 0.935.